The fourth-order valence-electron chi connectivity index (χ4n) is 2.70. The van der Waals surface area contributed by atoms with E-state index in [1.807, 2.05) is 24.3 Å². The second-order valence-corrected chi connectivity index (χ2v) is 8.97. The van der Waals surface area contributed by atoms with Crippen molar-refractivity contribution in [2.24, 2.45) is 11.8 Å². The van der Waals surface area contributed by atoms with Crippen molar-refractivity contribution >= 4 is 27.5 Å². The van der Waals surface area contributed by atoms with Crippen LogP contribution in [-0.4, -0.2) is 26.5 Å². The molecule has 1 saturated carbocycles. The van der Waals surface area contributed by atoms with E-state index in [1.54, 1.807) is 0 Å². The zero-order chi connectivity index (χ0) is 15.3. The first-order chi connectivity index (χ1) is 9.94. The van der Waals surface area contributed by atoms with Gasteiger partial charge in [0.05, 0.1) is 5.75 Å². The second kappa shape index (κ2) is 7.51. The van der Waals surface area contributed by atoms with Crippen molar-refractivity contribution in [1.82, 2.24) is 4.72 Å². The Labute approximate surface area is 131 Å². The molecule has 0 aromatic heterocycles. The van der Waals surface area contributed by atoms with E-state index in [2.05, 4.69) is 11.6 Å². The molecular weight excluding hydrogens is 304 g/mol. The van der Waals surface area contributed by atoms with E-state index in [9.17, 15) is 8.42 Å². The van der Waals surface area contributed by atoms with Crippen LogP contribution in [0.3, 0.4) is 0 Å². The van der Waals surface area contributed by atoms with Crippen molar-refractivity contribution in [3.8, 4) is 0 Å². The predicted octanol–water partition coefficient (Wildman–Crippen LogP) is 2.72. The molecule has 0 radical (unpaired) electrons. The number of nitrogens with one attached hydrogen (secondary N) is 1. The van der Waals surface area contributed by atoms with Crippen LogP contribution in [0.25, 0.3) is 0 Å². The summed E-state index contributed by atoms with van der Waals surface area (Å²) in [6, 6.07) is 7.52. The molecule has 21 heavy (non-hydrogen) atoms. The SMILES string of the molecule is CC1CCC(CNS(=O)(=O)CCSc2cccc(N)c2)C1. The number of nitrogen functional groups attached to an aromatic ring is 1. The fourth-order valence-corrected chi connectivity index (χ4v) is 5.18. The molecule has 118 valence electrons. The quantitative estimate of drug-likeness (QED) is 0.596. The third-order valence-electron chi connectivity index (χ3n) is 3.87. The molecule has 1 fully saturated rings. The summed E-state index contributed by atoms with van der Waals surface area (Å²) in [4.78, 5) is 1.01. The summed E-state index contributed by atoms with van der Waals surface area (Å²) in [5, 5.41) is 0. The van der Waals surface area contributed by atoms with Gasteiger partial charge in [-0.1, -0.05) is 19.4 Å². The number of hydrogen-bond acceptors (Lipinski definition) is 4. The maximum atomic E-state index is 12.0. The van der Waals surface area contributed by atoms with Crippen LogP contribution in [0.2, 0.25) is 0 Å². The number of nitrogens with two attached hydrogens (primary N) is 1. The van der Waals surface area contributed by atoms with Gasteiger partial charge in [-0.05, 0) is 42.9 Å². The van der Waals surface area contributed by atoms with Crippen LogP contribution in [0.15, 0.2) is 29.2 Å². The van der Waals surface area contributed by atoms with Crippen molar-refractivity contribution in [1.29, 1.82) is 0 Å². The Hall–Kier alpha value is -0.720. The van der Waals surface area contributed by atoms with E-state index in [-0.39, 0.29) is 5.75 Å². The largest absolute Gasteiger partial charge is 0.399 e. The van der Waals surface area contributed by atoms with E-state index in [0.717, 1.165) is 23.7 Å². The summed E-state index contributed by atoms with van der Waals surface area (Å²) in [6.07, 6.45) is 3.50. The Balaban J connectivity index is 1.71. The normalized spacial score (nSPS) is 22.5. The van der Waals surface area contributed by atoms with Crippen molar-refractivity contribution in [2.75, 3.05) is 23.8 Å². The van der Waals surface area contributed by atoms with Gasteiger partial charge in [-0.3, -0.25) is 0 Å². The molecule has 1 aliphatic carbocycles. The first kappa shape index (κ1) is 16.6. The van der Waals surface area contributed by atoms with E-state index in [0.29, 0.717) is 23.9 Å². The number of anilines is 1. The van der Waals surface area contributed by atoms with Crippen LogP contribution >= 0.6 is 11.8 Å². The maximum absolute atomic E-state index is 12.0. The Bertz CT molecular complexity index is 561. The lowest BCUT2D eigenvalue weighted by Crippen LogP contribution is -2.31. The summed E-state index contributed by atoms with van der Waals surface area (Å²) in [6.45, 7) is 2.83. The van der Waals surface area contributed by atoms with Crippen molar-refractivity contribution in [3.63, 3.8) is 0 Å². The van der Waals surface area contributed by atoms with Gasteiger partial charge >= 0.3 is 0 Å². The standard InChI is InChI=1S/C15H24N2O2S2/c1-12-5-6-13(9-12)11-17-21(18,19)8-7-20-15-4-2-3-14(16)10-15/h2-4,10,12-13,17H,5-9,11,16H2,1H3. The zero-order valence-electron chi connectivity index (χ0n) is 12.4. The van der Waals surface area contributed by atoms with E-state index < -0.39 is 10.0 Å². The summed E-state index contributed by atoms with van der Waals surface area (Å²) < 4.78 is 26.7. The van der Waals surface area contributed by atoms with Gasteiger partial charge in [0.2, 0.25) is 10.0 Å². The van der Waals surface area contributed by atoms with E-state index >= 15 is 0 Å². The van der Waals surface area contributed by atoms with Crippen LogP contribution in [0.1, 0.15) is 26.2 Å². The highest BCUT2D eigenvalue weighted by Crippen LogP contribution is 2.29. The number of sulfonamides is 1. The molecule has 1 aliphatic rings. The van der Waals surface area contributed by atoms with Gasteiger partial charge in [0, 0.05) is 22.9 Å². The molecule has 0 aliphatic heterocycles. The molecule has 0 amide bonds. The van der Waals surface area contributed by atoms with Gasteiger partial charge < -0.3 is 5.73 Å². The molecule has 6 heteroatoms. The Morgan fingerprint density at radius 3 is 2.86 bits per heavy atom. The topological polar surface area (TPSA) is 72.2 Å². The molecule has 2 unspecified atom stereocenters. The van der Waals surface area contributed by atoms with E-state index in [4.69, 9.17) is 5.73 Å². The van der Waals surface area contributed by atoms with Gasteiger partial charge in [0.1, 0.15) is 0 Å². The summed E-state index contributed by atoms with van der Waals surface area (Å²) in [5.41, 5.74) is 6.41. The highest BCUT2D eigenvalue weighted by Gasteiger charge is 2.22. The third kappa shape index (κ3) is 5.88. The number of rotatable bonds is 7. The molecular formula is C15H24N2O2S2. The number of hydrogen-bond donors (Lipinski definition) is 2. The van der Waals surface area contributed by atoms with Crippen molar-refractivity contribution in [3.05, 3.63) is 24.3 Å². The molecule has 0 spiro atoms. The molecule has 3 N–H and O–H groups in total. The predicted molar refractivity (Wildman–Crippen MR) is 89.9 cm³/mol. The van der Waals surface area contributed by atoms with Crippen molar-refractivity contribution in [2.45, 2.75) is 31.1 Å². The average Bonchev–Trinajstić information content (AvgIpc) is 2.82. The minimum absolute atomic E-state index is 0.148. The lowest BCUT2D eigenvalue weighted by atomic mass is 10.1. The molecule has 0 heterocycles. The third-order valence-corrected chi connectivity index (χ3v) is 6.48. The maximum Gasteiger partial charge on any atom is 0.212 e. The minimum atomic E-state index is -3.17. The van der Waals surface area contributed by atoms with Gasteiger partial charge in [0.25, 0.3) is 0 Å². The first-order valence-corrected chi connectivity index (χ1v) is 10.0. The summed E-state index contributed by atoms with van der Waals surface area (Å²) in [5.74, 6) is 1.93. The molecule has 4 nitrogen and oxygen atoms in total. The lowest BCUT2D eigenvalue weighted by Gasteiger charge is -2.11. The molecule has 2 atom stereocenters. The smallest absolute Gasteiger partial charge is 0.212 e. The van der Waals surface area contributed by atoms with Crippen LogP contribution in [-0.2, 0) is 10.0 Å². The number of thioether (sulfide) groups is 1. The molecule has 1 aromatic rings. The molecule has 1 aromatic carbocycles. The van der Waals surface area contributed by atoms with Crippen LogP contribution < -0.4 is 10.5 Å². The molecule has 0 saturated heterocycles. The Kier molecular flexibility index (Phi) is 5.96. The first-order valence-electron chi connectivity index (χ1n) is 7.40. The number of benzene rings is 1. The highest BCUT2D eigenvalue weighted by atomic mass is 32.2. The summed E-state index contributed by atoms with van der Waals surface area (Å²) in [7, 11) is -3.17. The van der Waals surface area contributed by atoms with E-state index in [1.165, 1.54) is 18.2 Å². The monoisotopic (exact) mass is 328 g/mol. The minimum Gasteiger partial charge on any atom is -0.399 e. The zero-order valence-corrected chi connectivity index (χ0v) is 14.1. The molecule has 0 bridgehead atoms. The van der Waals surface area contributed by atoms with Gasteiger partial charge in [0.15, 0.2) is 0 Å². The van der Waals surface area contributed by atoms with Crippen LogP contribution in [0, 0.1) is 11.8 Å². The summed E-state index contributed by atoms with van der Waals surface area (Å²) >= 11 is 1.52. The Morgan fingerprint density at radius 1 is 1.38 bits per heavy atom. The fraction of sp³-hybridized carbons (Fsp3) is 0.600. The van der Waals surface area contributed by atoms with Crippen LogP contribution in [0.5, 0.6) is 0 Å². The average molecular weight is 329 g/mol. The second-order valence-electron chi connectivity index (χ2n) is 5.87. The van der Waals surface area contributed by atoms with Gasteiger partial charge in [-0.25, -0.2) is 13.1 Å². The van der Waals surface area contributed by atoms with Gasteiger partial charge in [-0.2, -0.15) is 0 Å². The highest BCUT2D eigenvalue weighted by molar-refractivity contribution is 8.00. The lowest BCUT2D eigenvalue weighted by molar-refractivity contribution is 0.499. The molecule has 2 rings (SSSR count). The Morgan fingerprint density at radius 2 is 2.19 bits per heavy atom. The van der Waals surface area contributed by atoms with Crippen molar-refractivity contribution < 1.29 is 8.42 Å². The van der Waals surface area contributed by atoms with Crippen LogP contribution in [0.4, 0.5) is 5.69 Å². The van der Waals surface area contributed by atoms with Gasteiger partial charge in [-0.15, -0.1) is 11.8 Å².